The van der Waals surface area contributed by atoms with E-state index in [4.69, 9.17) is 5.11 Å². The molecule has 3 aliphatic rings. The summed E-state index contributed by atoms with van der Waals surface area (Å²) in [6.07, 6.45) is 1.61. The number of benzene rings is 1. The second-order valence-corrected chi connectivity index (χ2v) is 7.71. The Labute approximate surface area is 187 Å². The van der Waals surface area contributed by atoms with Crippen molar-refractivity contribution in [1.29, 1.82) is 0 Å². The highest BCUT2D eigenvalue weighted by Crippen LogP contribution is 2.42. The van der Waals surface area contributed by atoms with E-state index in [1.54, 1.807) is 18.6 Å². The molecule has 0 fully saturated rings. The summed E-state index contributed by atoms with van der Waals surface area (Å²) < 4.78 is 40.0. The average molecular weight is 455 g/mol. The third-order valence-corrected chi connectivity index (χ3v) is 5.53. The van der Waals surface area contributed by atoms with E-state index in [2.05, 4.69) is 30.8 Å². The SMILES string of the molecule is OCCCNC1=C2N=CC(C3=NN=C(c4cccnc4)C3)N2c2ccc(C(F)(F)F)cc2N1. The first-order valence-corrected chi connectivity index (χ1v) is 10.4. The van der Waals surface area contributed by atoms with Gasteiger partial charge in [0.15, 0.2) is 5.82 Å². The molecule has 0 saturated carbocycles. The first-order valence-electron chi connectivity index (χ1n) is 10.4. The lowest BCUT2D eigenvalue weighted by Crippen LogP contribution is -2.42. The zero-order chi connectivity index (χ0) is 23.0. The van der Waals surface area contributed by atoms with Gasteiger partial charge >= 0.3 is 6.18 Å². The number of rotatable bonds is 6. The third-order valence-electron chi connectivity index (χ3n) is 5.53. The zero-order valence-corrected chi connectivity index (χ0v) is 17.3. The smallest absolute Gasteiger partial charge is 0.396 e. The fourth-order valence-corrected chi connectivity index (χ4v) is 3.94. The molecule has 5 rings (SSSR count). The Bertz CT molecular complexity index is 1190. The molecule has 1 unspecified atom stereocenters. The molecule has 0 bridgehead atoms. The van der Waals surface area contributed by atoms with Gasteiger partial charge in [0.05, 0.1) is 28.4 Å². The number of halogens is 3. The molecule has 3 aliphatic heterocycles. The van der Waals surface area contributed by atoms with Crippen molar-refractivity contribution in [3.05, 3.63) is 65.5 Å². The molecule has 1 aromatic carbocycles. The zero-order valence-electron chi connectivity index (χ0n) is 17.3. The minimum atomic E-state index is -4.46. The van der Waals surface area contributed by atoms with Crippen molar-refractivity contribution in [2.75, 3.05) is 23.4 Å². The van der Waals surface area contributed by atoms with Gasteiger partial charge in [0.2, 0.25) is 0 Å². The molecule has 0 radical (unpaired) electrons. The highest BCUT2D eigenvalue weighted by Gasteiger charge is 2.39. The number of aliphatic hydroxyl groups is 1. The Morgan fingerprint density at radius 2 is 2.09 bits per heavy atom. The molecule has 4 heterocycles. The van der Waals surface area contributed by atoms with Gasteiger partial charge in [-0.05, 0) is 36.8 Å². The van der Waals surface area contributed by atoms with Gasteiger partial charge in [-0.1, -0.05) is 0 Å². The monoisotopic (exact) mass is 455 g/mol. The van der Waals surface area contributed by atoms with Crippen LogP contribution in [0.4, 0.5) is 24.5 Å². The summed E-state index contributed by atoms with van der Waals surface area (Å²) in [5.41, 5.74) is 2.49. The maximum Gasteiger partial charge on any atom is 0.416 e. The van der Waals surface area contributed by atoms with E-state index < -0.39 is 17.8 Å². The standard InChI is InChI=1S/C22H20F3N7O/c23-22(24,25)14-4-5-18-16(9-14)29-20(27-7-2-8-33)21-28-12-19(32(18)21)17-10-15(30-31-17)13-3-1-6-26-11-13/h1,3-6,9,11-12,19,27,29,33H,2,7-8,10H2. The van der Waals surface area contributed by atoms with E-state index in [0.717, 1.165) is 29.1 Å². The van der Waals surface area contributed by atoms with Gasteiger partial charge in [-0.3, -0.25) is 4.98 Å². The van der Waals surface area contributed by atoms with Crippen LogP contribution >= 0.6 is 0 Å². The number of aliphatic imine (C=N–C) groups is 1. The van der Waals surface area contributed by atoms with E-state index in [1.165, 1.54) is 6.07 Å². The molecule has 1 aromatic heterocycles. The van der Waals surface area contributed by atoms with Crippen LogP contribution in [0.2, 0.25) is 0 Å². The Balaban J connectivity index is 1.47. The fraction of sp³-hybridized carbons (Fsp3) is 0.273. The Hall–Kier alpha value is -3.73. The topological polar surface area (TPSA) is 97.5 Å². The van der Waals surface area contributed by atoms with Gasteiger partial charge in [-0.2, -0.15) is 23.4 Å². The number of aliphatic hydroxyl groups excluding tert-OH is 1. The lowest BCUT2D eigenvalue weighted by molar-refractivity contribution is -0.137. The number of fused-ring (bicyclic) bond motifs is 3. The highest BCUT2D eigenvalue weighted by molar-refractivity contribution is 6.22. The van der Waals surface area contributed by atoms with Crippen molar-refractivity contribution in [3.63, 3.8) is 0 Å². The van der Waals surface area contributed by atoms with E-state index in [1.807, 2.05) is 17.0 Å². The van der Waals surface area contributed by atoms with Crippen LogP contribution in [0.3, 0.4) is 0 Å². The molecule has 3 N–H and O–H groups in total. The molecule has 0 saturated heterocycles. The number of anilines is 2. The number of pyridine rings is 1. The number of alkyl halides is 3. The molecule has 170 valence electrons. The van der Waals surface area contributed by atoms with E-state index in [0.29, 0.717) is 42.4 Å². The van der Waals surface area contributed by atoms with Crippen LogP contribution < -0.4 is 15.5 Å². The molecular formula is C22H20F3N7O. The Morgan fingerprint density at radius 3 is 2.85 bits per heavy atom. The largest absolute Gasteiger partial charge is 0.416 e. The molecule has 2 aromatic rings. The van der Waals surface area contributed by atoms with Crippen LogP contribution in [0, 0.1) is 0 Å². The molecule has 0 aliphatic carbocycles. The summed E-state index contributed by atoms with van der Waals surface area (Å²) >= 11 is 0. The van der Waals surface area contributed by atoms with Gasteiger partial charge in [-0.15, -0.1) is 0 Å². The molecule has 8 nitrogen and oxygen atoms in total. The summed E-state index contributed by atoms with van der Waals surface area (Å²) in [6.45, 7) is 0.422. The first kappa shape index (κ1) is 21.1. The number of hydrogen-bond acceptors (Lipinski definition) is 8. The molecule has 11 heteroatoms. The van der Waals surface area contributed by atoms with Crippen LogP contribution in [0.5, 0.6) is 0 Å². The Morgan fingerprint density at radius 1 is 1.21 bits per heavy atom. The van der Waals surface area contributed by atoms with Crippen LogP contribution in [-0.2, 0) is 6.18 Å². The maximum absolute atomic E-state index is 13.3. The van der Waals surface area contributed by atoms with Gasteiger partial charge in [-0.25, -0.2) is 4.99 Å². The molecular weight excluding hydrogens is 435 g/mol. The van der Waals surface area contributed by atoms with E-state index in [9.17, 15) is 13.2 Å². The van der Waals surface area contributed by atoms with Gasteiger partial charge in [0, 0.05) is 43.7 Å². The third kappa shape index (κ3) is 3.95. The number of nitrogens with zero attached hydrogens (tertiary/aromatic N) is 5. The van der Waals surface area contributed by atoms with Crippen molar-refractivity contribution in [1.82, 2.24) is 10.3 Å². The van der Waals surface area contributed by atoms with Crippen molar-refractivity contribution in [2.45, 2.75) is 25.1 Å². The van der Waals surface area contributed by atoms with Crippen molar-refractivity contribution >= 4 is 29.0 Å². The molecule has 1 atom stereocenters. The minimum absolute atomic E-state index is 0.00864. The second-order valence-electron chi connectivity index (χ2n) is 7.71. The molecule has 0 amide bonds. The fourth-order valence-electron chi connectivity index (χ4n) is 3.94. The summed E-state index contributed by atoms with van der Waals surface area (Å²) in [7, 11) is 0. The number of nitrogens with one attached hydrogen (secondary N) is 2. The van der Waals surface area contributed by atoms with Crippen molar-refractivity contribution < 1.29 is 18.3 Å². The first-order chi connectivity index (χ1) is 16.0. The Kier molecular flexibility index (Phi) is 5.33. The highest BCUT2D eigenvalue weighted by atomic mass is 19.4. The second kappa shape index (κ2) is 8.32. The average Bonchev–Trinajstić information content (AvgIpc) is 3.46. The summed E-state index contributed by atoms with van der Waals surface area (Å²) in [4.78, 5) is 10.5. The number of aromatic nitrogens is 1. The van der Waals surface area contributed by atoms with Gasteiger partial charge in [0.1, 0.15) is 11.9 Å². The lowest BCUT2D eigenvalue weighted by Gasteiger charge is -2.34. The van der Waals surface area contributed by atoms with Gasteiger partial charge < -0.3 is 20.6 Å². The summed E-state index contributed by atoms with van der Waals surface area (Å²) in [6, 6.07) is 6.92. The maximum atomic E-state index is 13.3. The predicted octanol–water partition coefficient (Wildman–Crippen LogP) is 3.13. The van der Waals surface area contributed by atoms with E-state index >= 15 is 0 Å². The minimum Gasteiger partial charge on any atom is -0.396 e. The predicted molar refractivity (Wildman–Crippen MR) is 119 cm³/mol. The van der Waals surface area contributed by atoms with Gasteiger partial charge in [0.25, 0.3) is 0 Å². The van der Waals surface area contributed by atoms with Crippen LogP contribution in [-0.4, -0.2) is 46.9 Å². The lowest BCUT2D eigenvalue weighted by atomic mass is 10.0. The van der Waals surface area contributed by atoms with Crippen LogP contribution in [0.15, 0.2) is 69.6 Å². The van der Waals surface area contributed by atoms with E-state index in [-0.39, 0.29) is 6.61 Å². The molecule has 0 spiro atoms. The number of hydrogen-bond donors (Lipinski definition) is 3. The summed E-state index contributed by atoms with van der Waals surface area (Å²) in [5, 5.41) is 23.9. The summed E-state index contributed by atoms with van der Waals surface area (Å²) in [5.74, 6) is 1.02. The normalized spacial score (nSPS) is 19.2. The molecule has 33 heavy (non-hydrogen) atoms. The van der Waals surface area contributed by atoms with Crippen LogP contribution in [0.25, 0.3) is 0 Å². The van der Waals surface area contributed by atoms with Crippen molar-refractivity contribution in [3.8, 4) is 0 Å². The van der Waals surface area contributed by atoms with Crippen LogP contribution in [0.1, 0.15) is 24.0 Å². The van der Waals surface area contributed by atoms with Crippen molar-refractivity contribution in [2.24, 2.45) is 15.2 Å². The quantitative estimate of drug-likeness (QED) is 0.582.